The highest BCUT2D eigenvalue weighted by Crippen LogP contribution is 2.16. The molecule has 0 aromatic heterocycles. The van der Waals surface area contributed by atoms with Crippen molar-refractivity contribution in [3.63, 3.8) is 0 Å². The van der Waals surface area contributed by atoms with Gasteiger partial charge in [0.1, 0.15) is 0 Å². The summed E-state index contributed by atoms with van der Waals surface area (Å²) in [5.74, 6) is 0.268. The van der Waals surface area contributed by atoms with Crippen LogP contribution in [0.5, 0.6) is 0 Å². The molecule has 1 aromatic carbocycles. The summed E-state index contributed by atoms with van der Waals surface area (Å²) in [4.78, 5) is 0.446. The van der Waals surface area contributed by atoms with Gasteiger partial charge < -0.3 is 0 Å². The molecular formula is C13H19IO2S. The van der Waals surface area contributed by atoms with Crippen molar-refractivity contribution in [2.45, 2.75) is 41.4 Å². The molecule has 17 heavy (non-hydrogen) atoms. The third-order valence-electron chi connectivity index (χ3n) is 2.73. The first-order chi connectivity index (χ1) is 8.06. The molecular weight excluding hydrogens is 347 g/mol. The van der Waals surface area contributed by atoms with E-state index in [0.29, 0.717) is 8.82 Å². The third-order valence-corrected chi connectivity index (χ3v) is 6.05. The minimum atomic E-state index is -3.07. The summed E-state index contributed by atoms with van der Waals surface area (Å²) in [6.07, 6.45) is 4.03. The molecule has 0 heterocycles. The first-order valence-corrected chi connectivity index (χ1v) is 8.88. The highest BCUT2D eigenvalue weighted by Gasteiger charge is 2.13. The van der Waals surface area contributed by atoms with E-state index in [1.54, 1.807) is 24.3 Å². The van der Waals surface area contributed by atoms with E-state index in [4.69, 9.17) is 0 Å². The Bertz CT molecular complexity index is 414. The maximum atomic E-state index is 11.9. The molecule has 0 fully saturated rings. The Hall–Kier alpha value is -0.1000. The number of halogens is 1. The Balaban J connectivity index is 2.41. The van der Waals surface area contributed by atoms with Gasteiger partial charge in [0.15, 0.2) is 9.84 Å². The Morgan fingerprint density at radius 1 is 1.18 bits per heavy atom. The van der Waals surface area contributed by atoms with Crippen LogP contribution in [0.2, 0.25) is 0 Å². The molecule has 1 rings (SSSR count). The molecule has 0 aliphatic carbocycles. The van der Waals surface area contributed by atoms with E-state index in [2.05, 4.69) is 29.5 Å². The number of benzene rings is 1. The second-order valence-corrected chi connectivity index (χ2v) is 8.00. The molecule has 0 N–H and O–H groups in total. The van der Waals surface area contributed by atoms with Crippen molar-refractivity contribution in [1.29, 1.82) is 0 Å². The lowest BCUT2D eigenvalue weighted by Gasteiger charge is -2.07. The van der Waals surface area contributed by atoms with E-state index < -0.39 is 9.84 Å². The normalized spacial score (nSPS) is 13.5. The monoisotopic (exact) mass is 366 g/mol. The number of unbranched alkanes of at least 4 members (excludes halogenated alkanes) is 1. The standard InChI is InChI=1S/C13H19IO2S/c1-2-12(14)8-6-7-11-17(15,16)13-9-4-3-5-10-13/h3-5,9-10,12H,2,6-8,11H2,1H3. The predicted molar refractivity (Wildman–Crippen MR) is 80.4 cm³/mol. The van der Waals surface area contributed by atoms with Gasteiger partial charge in [-0.2, -0.15) is 0 Å². The first-order valence-electron chi connectivity index (χ1n) is 5.98. The smallest absolute Gasteiger partial charge is 0.178 e. The summed E-state index contributed by atoms with van der Waals surface area (Å²) in [5.41, 5.74) is 0. The summed E-state index contributed by atoms with van der Waals surface area (Å²) in [6.45, 7) is 2.16. The van der Waals surface area contributed by atoms with Crippen molar-refractivity contribution < 1.29 is 8.42 Å². The molecule has 1 unspecified atom stereocenters. The summed E-state index contributed by atoms with van der Waals surface area (Å²) >= 11 is 2.43. The maximum absolute atomic E-state index is 11.9. The van der Waals surface area contributed by atoms with Crippen molar-refractivity contribution >= 4 is 32.4 Å². The Morgan fingerprint density at radius 2 is 1.82 bits per heavy atom. The first kappa shape index (κ1) is 15.0. The molecule has 96 valence electrons. The summed E-state index contributed by atoms with van der Waals surface area (Å²) < 4.78 is 24.6. The van der Waals surface area contributed by atoms with Crippen LogP contribution in [0.3, 0.4) is 0 Å². The molecule has 0 aliphatic heterocycles. The molecule has 0 bridgehead atoms. The molecule has 1 atom stereocenters. The minimum Gasteiger partial charge on any atom is -0.224 e. The van der Waals surface area contributed by atoms with Crippen molar-refractivity contribution in [2.24, 2.45) is 0 Å². The van der Waals surface area contributed by atoms with E-state index in [1.807, 2.05) is 6.07 Å². The van der Waals surface area contributed by atoms with Gasteiger partial charge in [-0.15, -0.1) is 0 Å². The average molecular weight is 366 g/mol. The fraction of sp³-hybridized carbons (Fsp3) is 0.538. The largest absolute Gasteiger partial charge is 0.224 e. The minimum absolute atomic E-state index is 0.268. The second kappa shape index (κ2) is 7.36. The summed E-state index contributed by atoms with van der Waals surface area (Å²) in [5, 5.41) is 0. The van der Waals surface area contributed by atoms with E-state index in [-0.39, 0.29) is 5.75 Å². The molecule has 1 aromatic rings. The Labute approximate surface area is 118 Å². The third kappa shape index (κ3) is 5.38. The second-order valence-electron chi connectivity index (χ2n) is 4.13. The van der Waals surface area contributed by atoms with Gasteiger partial charge in [0.2, 0.25) is 0 Å². The molecule has 0 radical (unpaired) electrons. The van der Waals surface area contributed by atoms with Crippen LogP contribution in [0, 0.1) is 0 Å². The molecule has 2 nitrogen and oxygen atoms in total. The molecule has 0 spiro atoms. The molecule has 0 amide bonds. The van der Waals surface area contributed by atoms with Crippen LogP contribution in [-0.2, 0) is 9.84 Å². The lowest BCUT2D eigenvalue weighted by Crippen LogP contribution is -2.07. The van der Waals surface area contributed by atoms with Crippen molar-refractivity contribution in [1.82, 2.24) is 0 Å². The zero-order valence-corrected chi connectivity index (χ0v) is 13.1. The Kier molecular flexibility index (Phi) is 6.48. The summed E-state index contributed by atoms with van der Waals surface area (Å²) in [7, 11) is -3.07. The van der Waals surface area contributed by atoms with Gasteiger partial charge in [0.05, 0.1) is 10.6 Å². The molecule has 0 saturated heterocycles. The van der Waals surface area contributed by atoms with Crippen LogP contribution >= 0.6 is 22.6 Å². The Morgan fingerprint density at radius 3 is 2.41 bits per heavy atom. The van der Waals surface area contributed by atoms with Gasteiger partial charge in [-0.05, 0) is 31.4 Å². The highest BCUT2D eigenvalue weighted by atomic mass is 127. The number of sulfone groups is 1. The molecule has 4 heteroatoms. The van der Waals surface area contributed by atoms with Crippen molar-refractivity contribution in [3.8, 4) is 0 Å². The van der Waals surface area contributed by atoms with E-state index in [9.17, 15) is 8.42 Å². The van der Waals surface area contributed by atoms with Gasteiger partial charge in [0.25, 0.3) is 0 Å². The molecule has 0 saturated carbocycles. The van der Waals surface area contributed by atoms with E-state index in [0.717, 1.165) is 25.7 Å². The van der Waals surface area contributed by atoms with E-state index in [1.165, 1.54) is 0 Å². The maximum Gasteiger partial charge on any atom is 0.178 e. The van der Waals surface area contributed by atoms with Crippen LogP contribution in [0.15, 0.2) is 35.2 Å². The van der Waals surface area contributed by atoms with Crippen LogP contribution in [0.1, 0.15) is 32.6 Å². The quantitative estimate of drug-likeness (QED) is 0.417. The van der Waals surface area contributed by atoms with Gasteiger partial charge in [-0.25, -0.2) is 8.42 Å². The van der Waals surface area contributed by atoms with E-state index >= 15 is 0 Å². The lowest BCUT2D eigenvalue weighted by molar-refractivity contribution is 0.588. The zero-order valence-electron chi connectivity index (χ0n) is 10.1. The molecule has 0 aliphatic rings. The highest BCUT2D eigenvalue weighted by molar-refractivity contribution is 14.1. The fourth-order valence-electron chi connectivity index (χ4n) is 1.61. The van der Waals surface area contributed by atoms with Crippen LogP contribution < -0.4 is 0 Å². The predicted octanol–water partition coefficient (Wildman–Crippen LogP) is 3.84. The lowest BCUT2D eigenvalue weighted by atomic mass is 10.2. The number of alkyl halides is 1. The van der Waals surface area contributed by atoms with Crippen molar-refractivity contribution in [3.05, 3.63) is 30.3 Å². The number of hydrogen-bond acceptors (Lipinski definition) is 2. The SMILES string of the molecule is CCC(I)CCCCS(=O)(=O)c1ccccc1. The van der Waals surface area contributed by atoms with Crippen LogP contribution in [-0.4, -0.2) is 18.1 Å². The van der Waals surface area contributed by atoms with Gasteiger partial charge in [-0.1, -0.05) is 54.1 Å². The number of rotatable bonds is 7. The van der Waals surface area contributed by atoms with Crippen LogP contribution in [0.4, 0.5) is 0 Å². The van der Waals surface area contributed by atoms with Gasteiger partial charge in [-0.3, -0.25) is 0 Å². The van der Waals surface area contributed by atoms with Crippen LogP contribution in [0.25, 0.3) is 0 Å². The van der Waals surface area contributed by atoms with Crippen molar-refractivity contribution in [2.75, 3.05) is 5.75 Å². The topological polar surface area (TPSA) is 34.1 Å². The number of hydrogen-bond donors (Lipinski definition) is 0. The zero-order chi connectivity index (χ0) is 12.7. The van der Waals surface area contributed by atoms with Gasteiger partial charge in [0, 0.05) is 3.92 Å². The summed E-state index contributed by atoms with van der Waals surface area (Å²) in [6, 6.07) is 8.71. The van der Waals surface area contributed by atoms with Gasteiger partial charge >= 0.3 is 0 Å². The fourth-order valence-corrected chi connectivity index (χ4v) is 3.44. The average Bonchev–Trinajstić information content (AvgIpc) is 2.35.